The van der Waals surface area contributed by atoms with Crippen molar-refractivity contribution in [3.8, 4) is 0 Å². The van der Waals surface area contributed by atoms with Gasteiger partial charge in [-0.3, -0.25) is 14.5 Å². The lowest BCUT2D eigenvalue weighted by Crippen LogP contribution is -2.44. The summed E-state index contributed by atoms with van der Waals surface area (Å²) in [5.74, 6) is -2.43. The Labute approximate surface area is 223 Å². The lowest BCUT2D eigenvalue weighted by molar-refractivity contribution is -0.136. The molecule has 2 aliphatic heterocycles. The molecule has 0 bridgehead atoms. The standard InChI is InChI=1S/C30H38F3N3O2/c1-18(34-19(2)37)25-14-21(31)6-8-23(25)20-10-12-35(13-11-20)29(38)27-17-36(30(3,4)5)16-26(27)24-9-7-22(32)15-28(24)33/h6-9,14-15,18,20,26-27H,10-13,16-17H2,1-5H3,(H,34,37). The minimum absolute atomic E-state index is 0.00475. The predicted octanol–water partition coefficient (Wildman–Crippen LogP) is 5.52. The van der Waals surface area contributed by atoms with Crippen LogP contribution in [0.15, 0.2) is 36.4 Å². The van der Waals surface area contributed by atoms with Gasteiger partial charge < -0.3 is 10.2 Å². The zero-order valence-electron chi connectivity index (χ0n) is 22.9. The Morgan fingerprint density at radius 2 is 1.55 bits per heavy atom. The molecule has 206 valence electrons. The highest BCUT2D eigenvalue weighted by Gasteiger charge is 2.44. The summed E-state index contributed by atoms with van der Waals surface area (Å²) in [7, 11) is 0. The molecule has 0 radical (unpaired) electrons. The quantitative estimate of drug-likeness (QED) is 0.555. The molecule has 0 saturated carbocycles. The molecule has 4 rings (SSSR count). The van der Waals surface area contributed by atoms with Gasteiger partial charge in [0.15, 0.2) is 0 Å². The van der Waals surface area contributed by atoms with Crippen LogP contribution in [0.4, 0.5) is 13.2 Å². The first-order valence-electron chi connectivity index (χ1n) is 13.4. The Kier molecular flexibility index (Phi) is 8.21. The van der Waals surface area contributed by atoms with Crippen LogP contribution in [0.2, 0.25) is 0 Å². The van der Waals surface area contributed by atoms with E-state index in [2.05, 4.69) is 31.0 Å². The van der Waals surface area contributed by atoms with E-state index in [0.717, 1.165) is 17.2 Å². The summed E-state index contributed by atoms with van der Waals surface area (Å²) >= 11 is 0. The maximum absolute atomic E-state index is 14.8. The van der Waals surface area contributed by atoms with E-state index in [1.807, 2.05) is 11.8 Å². The highest BCUT2D eigenvalue weighted by atomic mass is 19.1. The molecule has 3 unspecified atom stereocenters. The normalized spacial score (nSPS) is 21.9. The summed E-state index contributed by atoms with van der Waals surface area (Å²) in [4.78, 5) is 29.5. The molecule has 0 aromatic heterocycles. The maximum Gasteiger partial charge on any atom is 0.227 e. The Bertz CT molecular complexity index is 1190. The summed E-state index contributed by atoms with van der Waals surface area (Å²) in [5.41, 5.74) is 1.94. The molecule has 2 fully saturated rings. The second-order valence-electron chi connectivity index (χ2n) is 11.7. The van der Waals surface area contributed by atoms with Crippen molar-refractivity contribution in [2.45, 2.75) is 70.9 Å². The molecule has 2 saturated heterocycles. The van der Waals surface area contributed by atoms with Gasteiger partial charge in [0, 0.05) is 50.6 Å². The average Bonchev–Trinajstić information content (AvgIpc) is 3.29. The van der Waals surface area contributed by atoms with E-state index in [1.54, 1.807) is 6.07 Å². The van der Waals surface area contributed by atoms with Crippen molar-refractivity contribution in [1.82, 2.24) is 15.1 Å². The van der Waals surface area contributed by atoms with Crippen LogP contribution in [0.5, 0.6) is 0 Å². The summed E-state index contributed by atoms with van der Waals surface area (Å²) in [6.07, 6.45) is 1.42. The molecule has 2 aromatic carbocycles. The lowest BCUT2D eigenvalue weighted by Gasteiger charge is -2.36. The van der Waals surface area contributed by atoms with Gasteiger partial charge in [-0.1, -0.05) is 12.1 Å². The molecule has 1 N–H and O–H groups in total. The summed E-state index contributed by atoms with van der Waals surface area (Å²) in [6, 6.07) is 8.01. The van der Waals surface area contributed by atoms with Gasteiger partial charge in [0.05, 0.1) is 12.0 Å². The van der Waals surface area contributed by atoms with Gasteiger partial charge in [-0.15, -0.1) is 0 Å². The molecule has 0 spiro atoms. The smallest absolute Gasteiger partial charge is 0.227 e. The summed E-state index contributed by atoms with van der Waals surface area (Å²) in [6.45, 7) is 11.6. The number of carbonyl (C=O) groups is 2. The van der Waals surface area contributed by atoms with Crippen LogP contribution in [0.25, 0.3) is 0 Å². The van der Waals surface area contributed by atoms with E-state index >= 15 is 0 Å². The van der Waals surface area contributed by atoms with Crippen LogP contribution in [-0.4, -0.2) is 53.3 Å². The van der Waals surface area contributed by atoms with Crippen molar-refractivity contribution in [2.75, 3.05) is 26.2 Å². The molecule has 2 amide bonds. The SMILES string of the molecule is CC(=O)NC(C)c1cc(F)ccc1C1CCN(C(=O)C2CN(C(C)(C)C)CC2c2ccc(F)cc2F)CC1. The number of amides is 2. The van der Waals surface area contributed by atoms with E-state index in [-0.39, 0.29) is 41.0 Å². The van der Waals surface area contributed by atoms with Gasteiger partial charge >= 0.3 is 0 Å². The second kappa shape index (κ2) is 11.1. The summed E-state index contributed by atoms with van der Waals surface area (Å²) < 4.78 is 42.5. The maximum atomic E-state index is 14.8. The molecule has 5 nitrogen and oxygen atoms in total. The van der Waals surface area contributed by atoms with Gasteiger partial charge in [0.25, 0.3) is 0 Å². The molecule has 2 heterocycles. The molecule has 3 atom stereocenters. The highest BCUT2D eigenvalue weighted by molar-refractivity contribution is 5.81. The molecular formula is C30H38F3N3O2. The molecule has 2 aromatic rings. The van der Waals surface area contributed by atoms with Crippen molar-refractivity contribution in [3.05, 3.63) is 70.5 Å². The van der Waals surface area contributed by atoms with Gasteiger partial charge in [-0.25, -0.2) is 13.2 Å². The number of halogens is 3. The molecule has 38 heavy (non-hydrogen) atoms. The zero-order valence-corrected chi connectivity index (χ0v) is 22.9. The molecular weight excluding hydrogens is 491 g/mol. The number of benzene rings is 2. The number of likely N-dealkylation sites (tertiary alicyclic amines) is 2. The third-order valence-corrected chi connectivity index (χ3v) is 8.13. The number of hydrogen-bond acceptors (Lipinski definition) is 3. The van der Waals surface area contributed by atoms with Crippen molar-refractivity contribution < 1.29 is 22.8 Å². The first-order chi connectivity index (χ1) is 17.8. The third kappa shape index (κ3) is 6.06. The predicted molar refractivity (Wildman–Crippen MR) is 141 cm³/mol. The number of rotatable bonds is 5. The Balaban J connectivity index is 1.51. The van der Waals surface area contributed by atoms with E-state index in [4.69, 9.17) is 0 Å². The number of nitrogens with zero attached hydrogens (tertiary/aromatic N) is 2. The van der Waals surface area contributed by atoms with Crippen LogP contribution in [0, 0.1) is 23.4 Å². The Morgan fingerprint density at radius 1 is 0.947 bits per heavy atom. The fraction of sp³-hybridized carbons (Fsp3) is 0.533. The lowest BCUT2D eigenvalue weighted by atomic mass is 9.83. The molecule has 8 heteroatoms. The third-order valence-electron chi connectivity index (χ3n) is 8.13. The van der Waals surface area contributed by atoms with Gasteiger partial charge in [-0.05, 0) is 81.3 Å². The second-order valence-corrected chi connectivity index (χ2v) is 11.7. The van der Waals surface area contributed by atoms with Crippen LogP contribution in [0.3, 0.4) is 0 Å². The van der Waals surface area contributed by atoms with Crippen LogP contribution >= 0.6 is 0 Å². The number of nitrogens with one attached hydrogen (secondary N) is 1. The number of hydrogen-bond donors (Lipinski definition) is 1. The monoisotopic (exact) mass is 529 g/mol. The minimum Gasteiger partial charge on any atom is -0.350 e. The topological polar surface area (TPSA) is 52.7 Å². The summed E-state index contributed by atoms with van der Waals surface area (Å²) in [5, 5.41) is 2.85. The first kappa shape index (κ1) is 28.1. The first-order valence-corrected chi connectivity index (χ1v) is 13.4. The van der Waals surface area contributed by atoms with Gasteiger partial charge in [-0.2, -0.15) is 0 Å². The fourth-order valence-electron chi connectivity index (χ4n) is 6.04. The van der Waals surface area contributed by atoms with E-state index < -0.39 is 17.6 Å². The molecule has 0 aliphatic carbocycles. The van der Waals surface area contributed by atoms with Crippen molar-refractivity contribution >= 4 is 11.8 Å². The minimum atomic E-state index is -0.630. The molecule has 2 aliphatic rings. The zero-order chi connectivity index (χ0) is 27.8. The van der Waals surface area contributed by atoms with Gasteiger partial charge in [0.2, 0.25) is 11.8 Å². The largest absolute Gasteiger partial charge is 0.350 e. The highest BCUT2D eigenvalue weighted by Crippen LogP contribution is 2.40. The number of carbonyl (C=O) groups excluding carboxylic acids is 2. The Hall–Kier alpha value is -2.87. The van der Waals surface area contributed by atoms with Crippen LogP contribution < -0.4 is 5.32 Å². The van der Waals surface area contributed by atoms with Gasteiger partial charge in [0.1, 0.15) is 17.5 Å². The van der Waals surface area contributed by atoms with E-state index in [0.29, 0.717) is 44.6 Å². The van der Waals surface area contributed by atoms with E-state index in [9.17, 15) is 22.8 Å². The fourth-order valence-corrected chi connectivity index (χ4v) is 6.04. The number of piperidine rings is 1. The van der Waals surface area contributed by atoms with Crippen LogP contribution in [-0.2, 0) is 9.59 Å². The van der Waals surface area contributed by atoms with Crippen LogP contribution in [0.1, 0.15) is 82.0 Å². The van der Waals surface area contributed by atoms with Crippen molar-refractivity contribution in [3.63, 3.8) is 0 Å². The van der Waals surface area contributed by atoms with Crippen molar-refractivity contribution in [1.29, 1.82) is 0 Å². The Morgan fingerprint density at radius 3 is 2.13 bits per heavy atom. The average molecular weight is 530 g/mol. The van der Waals surface area contributed by atoms with Crippen molar-refractivity contribution in [2.24, 2.45) is 5.92 Å². The van der Waals surface area contributed by atoms with E-state index in [1.165, 1.54) is 31.2 Å².